The van der Waals surface area contributed by atoms with Crippen LogP contribution in [-0.4, -0.2) is 40.0 Å². The van der Waals surface area contributed by atoms with Gasteiger partial charge in [0.15, 0.2) is 0 Å². The first kappa shape index (κ1) is 16.0. The molecule has 0 radical (unpaired) electrons. The number of methoxy groups -OCH3 is 2. The van der Waals surface area contributed by atoms with E-state index in [1.54, 1.807) is 14.2 Å². The van der Waals surface area contributed by atoms with E-state index in [1.165, 1.54) is 12.1 Å². The lowest BCUT2D eigenvalue weighted by molar-refractivity contribution is 0.171. The third-order valence-electron chi connectivity index (χ3n) is 2.86. The van der Waals surface area contributed by atoms with Crippen LogP contribution in [0.15, 0.2) is 12.1 Å². The Kier molecular flexibility index (Phi) is 6.34. The van der Waals surface area contributed by atoms with Crippen molar-refractivity contribution >= 4 is 23.0 Å². The minimum atomic E-state index is -0.488. The van der Waals surface area contributed by atoms with Gasteiger partial charge >= 0.3 is 0 Å². The van der Waals surface area contributed by atoms with E-state index in [0.29, 0.717) is 31.1 Å². The molecule has 0 aliphatic rings. The van der Waals surface area contributed by atoms with Crippen molar-refractivity contribution in [1.82, 2.24) is 0 Å². The van der Waals surface area contributed by atoms with Gasteiger partial charge in [0.2, 0.25) is 0 Å². The molecule has 0 aliphatic heterocycles. The fourth-order valence-corrected chi connectivity index (χ4v) is 2.07. The molecule has 108 valence electrons. The molecule has 0 bridgehead atoms. The lowest BCUT2D eigenvalue weighted by Gasteiger charge is -2.31. The Morgan fingerprint density at radius 1 is 1.37 bits per heavy atom. The number of nitrogens with zero attached hydrogens (tertiary/aromatic N) is 1. The average molecular weight is 291 g/mol. The molecule has 1 unspecified atom stereocenters. The Hall–Kier alpha value is -1.04. The number of hydrogen-bond donors (Lipinski definition) is 1. The van der Waals surface area contributed by atoms with Crippen molar-refractivity contribution in [3.8, 4) is 0 Å². The van der Waals surface area contributed by atoms with E-state index in [0.717, 1.165) is 0 Å². The van der Waals surface area contributed by atoms with Gasteiger partial charge in [-0.3, -0.25) is 0 Å². The zero-order valence-electron chi connectivity index (χ0n) is 11.5. The molecule has 6 heteroatoms. The van der Waals surface area contributed by atoms with E-state index in [4.69, 9.17) is 26.8 Å². The molecular formula is C13H20ClFN2O2. The summed E-state index contributed by atoms with van der Waals surface area (Å²) in [6.45, 7) is 3.59. The molecule has 2 N–H and O–H groups in total. The van der Waals surface area contributed by atoms with Crippen LogP contribution in [0.25, 0.3) is 0 Å². The molecule has 4 nitrogen and oxygen atoms in total. The molecule has 0 saturated heterocycles. The number of hydrogen-bond acceptors (Lipinski definition) is 4. The largest absolute Gasteiger partial charge is 0.397 e. The highest BCUT2D eigenvalue weighted by Crippen LogP contribution is 2.30. The summed E-state index contributed by atoms with van der Waals surface area (Å²) in [4.78, 5) is 1.95. The van der Waals surface area contributed by atoms with Gasteiger partial charge in [-0.1, -0.05) is 11.6 Å². The van der Waals surface area contributed by atoms with Gasteiger partial charge in [0.05, 0.1) is 29.6 Å². The van der Waals surface area contributed by atoms with Crippen molar-refractivity contribution < 1.29 is 13.9 Å². The number of nitrogens with two attached hydrogens (primary N) is 1. The van der Waals surface area contributed by atoms with E-state index in [2.05, 4.69) is 0 Å². The maximum atomic E-state index is 13.6. The molecule has 0 spiro atoms. The summed E-state index contributed by atoms with van der Waals surface area (Å²) >= 11 is 5.71. The topological polar surface area (TPSA) is 47.7 Å². The fourth-order valence-electron chi connectivity index (χ4n) is 1.90. The summed E-state index contributed by atoms with van der Waals surface area (Å²) in [5.74, 6) is -0.488. The molecule has 0 aromatic heterocycles. The van der Waals surface area contributed by atoms with Gasteiger partial charge in [0.25, 0.3) is 0 Å². The van der Waals surface area contributed by atoms with Crippen LogP contribution >= 0.6 is 11.6 Å². The van der Waals surface area contributed by atoms with E-state index in [-0.39, 0.29) is 11.1 Å². The molecule has 19 heavy (non-hydrogen) atoms. The zero-order valence-corrected chi connectivity index (χ0v) is 12.2. The lowest BCUT2D eigenvalue weighted by Crippen LogP contribution is -2.39. The molecule has 0 amide bonds. The first-order valence-electron chi connectivity index (χ1n) is 6.00. The number of ether oxygens (including phenoxy) is 2. The molecule has 1 rings (SSSR count). The Morgan fingerprint density at radius 3 is 2.63 bits per heavy atom. The summed E-state index contributed by atoms with van der Waals surface area (Å²) in [7, 11) is 3.24. The molecule has 1 atom stereocenters. The highest BCUT2D eigenvalue weighted by molar-refractivity contribution is 6.31. The monoisotopic (exact) mass is 290 g/mol. The molecule has 0 heterocycles. The molecular weight excluding hydrogens is 271 g/mol. The van der Waals surface area contributed by atoms with Crippen molar-refractivity contribution in [3.63, 3.8) is 0 Å². The van der Waals surface area contributed by atoms with E-state index in [1.807, 2.05) is 11.8 Å². The molecule has 1 aromatic rings. The SMILES string of the molecule is COCCN(c1cc(F)c(Cl)cc1N)C(C)COC. The lowest BCUT2D eigenvalue weighted by atomic mass is 10.2. The molecule has 1 aromatic carbocycles. The Bertz CT molecular complexity index is 418. The number of benzene rings is 1. The van der Waals surface area contributed by atoms with Crippen LogP contribution < -0.4 is 10.6 Å². The Morgan fingerprint density at radius 2 is 2.05 bits per heavy atom. The van der Waals surface area contributed by atoms with Gasteiger partial charge in [-0.05, 0) is 13.0 Å². The first-order chi connectivity index (χ1) is 9.01. The molecule has 0 fully saturated rings. The van der Waals surface area contributed by atoms with Crippen LogP contribution in [0, 0.1) is 5.82 Å². The van der Waals surface area contributed by atoms with Crippen LogP contribution in [0.3, 0.4) is 0 Å². The minimum Gasteiger partial charge on any atom is -0.397 e. The summed E-state index contributed by atoms with van der Waals surface area (Å²) in [6, 6.07) is 2.81. The number of halogens is 2. The predicted molar refractivity (Wildman–Crippen MR) is 76.4 cm³/mol. The Balaban J connectivity index is 3.05. The van der Waals surface area contributed by atoms with Gasteiger partial charge in [-0.15, -0.1) is 0 Å². The quantitative estimate of drug-likeness (QED) is 0.784. The van der Waals surface area contributed by atoms with Crippen LogP contribution in [0.4, 0.5) is 15.8 Å². The second-order valence-electron chi connectivity index (χ2n) is 4.32. The maximum Gasteiger partial charge on any atom is 0.144 e. The summed E-state index contributed by atoms with van der Waals surface area (Å²) in [6.07, 6.45) is 0. The minimum absolute atomic E-state index is 0.0207. The summed E-state index contributed by atoms with van der Waals surface area (Å²) in [5, 5.41) is 0.0207. The summed E-state index contributed by atoms with van der Waals surface area (Å²) in [5.41, 5.74) is 6.96. The highest BCUT2D eigenvalue weighted by atomic mass is 35.5. The maximum absolute atomic E-state index is 13.6. The van der Waals surface area contributed by atoms with Crippen LogP contribution in [0.2, 0.25) is 5.02 Å². The standard InChI is InChI=1S/C13H20ClFN2O2/c1-9(8-19-3)17(4-5-18-2)13-7-11(15)10(14)6-12(13)16/h6-7,9H,4-5,8,16H2,1-3H3. The van der Waals surface area contributed by atoms with E-state index in [9.17, 15) is 4.39 Å². The van der Waals surface area contributed by atoms with Gasteiger partial charge in [0, 0.05) is 32.9 Å². The van der Waals surface area contributed by atoms with Crippen molar-refractivity contribution in [2.24, 2.45) is 0 Å². The van der Waals surface area contributed by atoms with Crippen LogP contribution in [0.1, 0.15) is 6.92 Å². The fraction of sp³-hybridized carbons (Fsp3) is 0.538. The Labute approximate surface area is 118 Å². The predicted octanol–water partition coefficient (Wildman–Crippen LogP) is 2.55. The van der Waals surface area contributed by atoms with Crippen molar-refractivity contribution in [2.45, 2.75) is 13.0 Å². The normalized spacial score (nSPS) is 12.5. The smallest absolute Gasteiger partial charge is 0.144 e. The first-order valence-corrected chi connectivity index (χ1v) is 6.38. The number of nitrogen functional groups attached to an aromatic ring is 1. The van der Waals surface area contributed by atoms with Gasteiger partial charge in [-0.2, -0.15) is 0 Å². The molecule has 0 saturated carbocycles. The van der Waals surface area contributed by atoms with Crippen molar-refractivity contribution in [1.29, 1.82) is 0 Å². The van der Waals surface area contributed by atoms with Gasteiger partial charge < -0.3 is 20.1 Å². The van der Waals surface area contributed by atoms with Crippen LogP contribution in [0.5, 0.6) is 0 Å². The van der Waals surface area contributed by atoms with Gasteiger partial charge in [-0.25, -0.2) is 4.39 Å². The van der Waals surface area contributed by atoms with Crippen molar-refractivity contribution in [3.05, 3.63) is 23.0 Å². The van der Waals surface area contributed by atoms with E-state index < -0.39 is 5.82 Å². The average Bonchev–Trinajstić information content (AvgIpc) is 2.36. The number of rotatable bonds is 7. The van der Waals surface area contributed by atoms with E-state index >= 15 is 0 Å². The molecule has 0 aliphatic carbocycles. The van der Waals surface area contributed by atoms with Crippen molar-refractivity contribution in [2.75, 3.05) is 44.6 Å². The summed E-state index contributed by atoms with van der Waals surface area (Å²) < 4.78 is 23.8. The highest BCUT2D eigenvalue weighted by Gasteiger charge is 2.18. The number of anilines is 2. The second-order valence-corrected chi connectivity index (χ2v) is 4.72. The third-order valence-corrected chi connectivity index (χ3v) is 3.14. The second kappa shape index (κ2) is 7.53. The van der Waals surface area contributed by atoms with Gasteiger partial charge in [0.1, 0.15) is 5.82 Å². The third kappa shape index (κ3) is 4.23. The zero-order chi connectivity index (χ0) is 14.4. The van der Waals surface area contributed by atoms with Crippen LogP contribution in [-0.2, 0) is 9.47 Å².